The Bertz CT molecular complexity index is 951. The lowest BCUT2D eigenvalue weighted by molar-refractivity contribution is -0.133. The van der Waals surface area contributed by atoms with E-state index < -0.39 is 5.60 Å². The molecule has 2 aliphatic rings. The van der Waals surface area contributed by atoms with Crippen LogP contribution in [-0.2, 0) is 16.1 Å². The van der Waals surface area contributed by atoms with E-state index in [0.717, 1.165) is 13.1 Å². The lowest BCUT2D eigenvalue weighted by atomic mass is 10.0. The number of amides is 2. The summed E-state index contributed by atoms with van der Waals surface area (Å²) in [5, 5.41) is 2.56. The predicted molar refractivity (Wildman–Crippen MR) is 126 cm³/mol. The van der Waals surface area contributed by atoms with Gasteiger partial charge in [-0.05, 0) is 49.9 Å². The molecule has 1 aliphatic heterocycles. The summed E-state index contributed by atoms with van der Waals surface area (Å²) in [6.45, 7) is 9.48. The monoisotopic (exact) mass is 437 g/mol. The summed E-state index contributed by atoms with van der Waals surface area (Å²) in [5.41, 5.74) is 0.828. The Morgan fingerprint density at radius 2 is 1.62 bits per heavy atom. The molecule has 2 fully saturated rings. The molecule has 0 N–H and O–H groups in total. The van der Waals surface area contributed by atoms with Crippen LogP contribution in [0.15, 0.2) is 42.5 Å². The van der Waals surface area contributed by atoms with Crippen LogP contribution in [0.25, 0.3) is 10.8 Å². The van der Waals surface area contributed by atoms with Crippen molar-refractivity contribution in [3.05, 3.63) is 48.0 Å². The first kappa shape index (κ1) is 22.6. The fourth-order valence-corrected chi connectivity index (χ4v) is 4.34. The molecule has 6 heteroatoms. The third-order valence-electron chi connectivity index (χ3n) is 6.21. The van der Waals surface area contributed by atoms with Crippen LogP contribution < -0.4 is 0 Å². The Balaban J connectivity index is 1.29. The van der Waals surface area contributed by atoms with Gasteiger partial charge < -0.3 is 14.5 Å². The molecule has 1 saturated heterocycles. The third-order valence-corrected chi connectivity index (χ3v) is 6.21. The molecule has 6 nitrogen and oxygen atoms in total. The van der Waals surface area contributed by atoms with E-state index in [9.17, 15) is 9.59 Å². The molecule has 1 aliphatic carbocycles. The highest BCUT2D eigenvalue weighted by Gasteiger charge is 2.31. The summed E-state index contributed by atoms with van der Waals surface area (Å²) in [4.78, 5) is 31.2. The van der Waals surface area contributed by atoms with E-state index in [0.29, 0.717) is 38.6 Å². The summed E-state index contributed by atoms with van der Waals surface area (Å²) in [7, 11) is 0. The van der Waals surface area contributed by atoms with E-state index in [1.54, 1.807) is 4.90 Å². The number of hydrogen-bond donors (Lipinski definition) is 0. The van der Waals surface area contributed by atoms with Crippen molar-refractivity contribution < 1.29 is 14.3 Å². The van der Waals surface area contributed by atoms with Crippen LogP contribution in [0.4, 0.5) is 4.79 Å². The topological polar surface area (TPSA) is 53.1 Å². The molecule has 32 heavy (non-hydrogen) atoms. The van der Waals surface area contributed by atoms with Gasteiger partial charge in [-0.15, -0.1) is 0 Å². The number of carbonyl (C=O) groups excluding carboxylic acids is 2. The van der Waals surface area contributed by atoms with E-state index in [1.807, 2.05) is 25.7 Å². The fraction of sp³-hybridized carbons (Fsp3) is 0.538. The number of carbonyl (C=O) groups is 2. The second kappa shape index (κ2) is 9.49. The Kier molecular flexibility index (Phi) is 6.70. The van der Waals surface area contributed by atoms with Crippen LogP contribution in [0, 0.1) is 0 Å². The van der Waals surface area contributed by atoms with Gasteiger partial charge in [0.05, 0.1) is 0 Å². The van der Waals surface area contributed by atoms with E-state index in [-0.39, 0.29) is 12.0 Å². The van der Waals surface area contributed by atoms with E-state index in [4.69, 9.17) is 4.74 Å². The standard InChI is InChI=1S/C26H35N3O3/c1-26(2,3)32-25(31)28-17-15-27(16-18-28)24(30)13-14-29(22-11-12-22)19-21-9-6-8-20-7-4-5-10-23(20)21/h4-10,22H,11-19H2,1-3H3. The number of fused-ring (bicyclic) bond motifs is 1. The average molecular weight is 438 g/mol. The van der Waals surface area contributed by atoms with Gasteiger partial charge in [-0.25, -0.2) is 4.79 Å². The number of nitrogens with zero attached hydrogens (tertiary/aromatic N) is 3. The van der Waals surface area contributed by atoms with Crippen molar-refractivity contribution in [3.63, 3.8) is 0 Å². The van der Waals surface area contributed by atoms with Gasteiger partial charge in [-0.2, -0.15) is 0 Å². The summed E-state index contributed by atoms with van der Waals surface area (Å²) in [6, 6.07) is 15.6. The van der Waals surface area contributed by atoms with Crippen LogP contribution in [-0.4, -0.2) is 71.1 Å². The van der Waals surface area contributed by atoms with E-state index in [1.165, 1.54) is 29.2 Å². The predicted octanol–water partition coefficient (Wildman–Crippen LogP) is 4.27. The minimum atomic E-state index is -0.500. The van der Waals surface area contributed by atoms with Gasteiger partial charge in [0.25, 0.3) is 0 Å². The van der Waals surface area contributed by atoms with Crippen molar-refractivity contribution in [2.75, 3.05) is 32.7 Å². The Morgan fingerprint density at radius 3 is 2.31 bits per heavy atom. The number of hydrogen-bond acceptors (Lipinski definition) is 4. The molecule has 2 aromatic rings. The molecule has 2 amide bonds. The normalized spacial score (nSPS) is 17.1. The van der Waals surface area contributed by atoms with E-state index >= 15 is 0 Å². The smallest absolute Gasteiger partial charge is 0.410 e. The number of benzene rings is 2. The van der Waals surface area contributed by atoms with Crippen LogP contribution in [0.3, 0.4) is 0 Å². The van der Waals surface area contributed by atoms with Crippen molar-refractivity contribution >= 4 is 22.8 Å². The first-order chi connectivity index (χ1) is 15.3. The maximum atomic E-state index is 12.9. The molecule has 172 valence electrons. The molecule has 4 rings (SSSR count). The minimum Gasteiger partial charge on any atom is -0.444 e. The molecule has 0 bridgehead atoms. The van der Waals surface area contributed by atoms with Crippen molar-refractivity contribution in [1.82, 2.24) is 14.7 Å². The van der Waals surface area contributed by atoms with Crippen molar-refractivity contribution in [1.29, 1.82) is 0 Å². The number of piperazine rings is 1. The highest BCUT2D eigenvalue weighted by molar-refractivity contribution is 5.85. The average Bonchev–Trinajstić information content (AvgIpc) is 3.61. The van der Waals surface area contributed by atoms with Crippen LogP contribution in [0.1, 0.15) is 45.6 Å². The third kappa shape index (κ3) is 5.80. The SMILES string of the molecule is CC(C)(C)OC(=O)N1CCN(C(=O)CCN(Cc2cccc3ccccc23)C2CC2)CC1. The maximum Gasteiger partial charge on any atom is 0.410 e. The first-order valence-electron chi connectivity index (χ1n) is 11.8. The van der Waals surface area contributed by atoms with Crippen molar-refractivity contribution in [2.45, 2.75) is 58.2 Å². The molecule has 0 unspecified atom stereocenters. The molecule has 0 spiro atoms. The zero-order valence-corrected chi connectivity index (χ0v) is 19.5. The van der Waals surface area contributed by atoms with Crippen LogP contribution in [0.5, 0.6) is 0 Å². The quantitative estimate of drug-likeness (QED) is 0.677. The molecule has 1 heterocycles. The fourth-order valence-electron chi connectivity index (χ4n) is 4.34. The summed E-state index contributed by atoms with van der Waals surface area (Å²) in [5.74, 6) is 0.178. The highest BCUT2D eigenvalue weighted by Crippen LogP contribution is 2.30. The van der Waals surface area contributed by atoms with Gasteiger partial charge in [-0.3, -0.25) is 9.69 Å². The lowest BCUT2D eigenvalue weighted by Gasteiger charge is -2.36. The second-order valence-corrected chi connectivity index (χ2v) is 9.94. The molecule has 2 aromatic carbocycles. The maximum absolute atomic E-state index is 12.9. The molecule has 1 saturated carbocycles. The summed E-state index contributed by atoms with van der Waals surface area (Å²) >= 11 is 0. The largest absolute Gasteiger partial charge is 0.444 e. The van der Waals surface area contributed by atoms with Gasteiger partial charge in [0.2, 0.25) is 5.91 Å². The zero-order valence-electron chi connectivity index (χ0n) is 19.5. The highest BCUT2D eigenvalue weighted by atomic mass is 16.6. The Labute approximate surface area is 191 Å². The summed E-state index contributed by atoms with van der Waals surface area (Å²) < 4.78 is 5.45. The summed E-state index contributed by atoms with van der Waals surface area (Å²) in [6.07, 6.45) is 2.66. The number of ether oxygens (including phenoxy) is 1. The molecule has 0 aromatic heterocycles. The van der Waals surface area contributed by atoms with Crippen LogP contribution in [0.2, 0.25) is 0 Å². The second-order valence-electron chi connectivity index (χ2n) is 9.94. The van der Waals surface area contributed by atoms with Crippen molar-refractivity contribution in [2.24, 2.45) is 0 Å². The Morgan fingerprint density at radius 1 is 0.969 bits per heavy atom. The van der Waals surface area contributed by atoms with Gasteiger partial charge in [0.15, 0.2) is 0 Å². The van der Waals surface area contributed by atoms with E-state index in [2.05, 4.69) is 47.4 Å². The molecular formula is C26H35N3O3. The van der Waals surface area contributed by atoms with Crippen molar-refractivity contribution in [3.8, 4) is 0 Å². The zero-order chi connectivity index (χ0) is 22.7. The molecule has 0 radical (unpaired) electrons. The lowest BCUT2D eigenvalue weighted by Crippen LogP contribution is -2.52. The van der Waals surface area contributed by atoms with Crippen LogP contribution >= 0.6 is 0 Å². The van der Waals surface area contributed by atoms with Gasteiger partial charge in [0, 0.05) is 51.7 Å². The number of rotatable bonds is 6. The molecule has 0 atom stereocenters. The van der Waals surface area contributed by atoms with Gasteiger partial charge in [0.1, 0.15) is 5.60 Å². The minimum absolute atomic E-state index is 0.178. The molecular weight excluding hydrogens is 402 g/mol. The van der Waals surface area contributed by atoms with Gasteiger partial charge >= 0.3 is 6.09 Å². The van der Waals surface area contributed by atoms with Gasteiger partial charge in [-0.1, -0.05) is 42.5 Å². The Hall–Kier alpha value is -2.60. The first-order valence-corrected chi connectivity index (χ1v) is 11.8.